The van der Waals surface area contributed by atoms with Crippen molar-refractivity contribution in [2.75, 3.05) is 13.1 Å². The predicted octanol–water partition coefficient (Wildman–Crippen LogP) is 2.18. The number of carbonyl (C=O) groups is 2. The van der Waals surface area contributed by atoms with Crippen molar-refractivity contribution in [2.45, 2.75) is 19.9 Å². The largest absolute Gasteiger partial charge is 0.350 e. The molecule has 0 aliphatic rings. The SMILES string of the molecule is Cc1cccc(C(=O)NCCNC(=O)NC(C)c2ccncc2)c1. The summed E-state index contributed by atoms with van der Waals surface area (Å²) in [4.78, 5) is 27.7. The van der Waals surface area contributed by atoms with Gasteiger partial charge in [-0.15, -0.1) is 0 Å². The molecule has 0 aliphatic heterocycles. The number of nitrogens with zero attached hydrogens (tertiary/aromatic N) is 1. The number of pyridine rings is 1. The quantitative estimate of drug-likeness (QED) is 0.712. The molecule has 0 saturated heterocycles. The van der Waals surface area contributed by atoms with Crippen LogP contribution in [0.4, 0.5) is 4.79 Å². The Morgan fingerprint density at radius 3 is 2.50 bits per heavy atom. The molecule has 1 heterocycles. The lowest BCUT2D eigenvalue weighted by Crippen LogP contribution is -2.41. The zero-order valence-electron chi connectivity index (χ0n) is 13.9. The van der Waals surface area contributed by atoms with Crippen molar-refractivity contribution >= 4 is 11.9 Å². The van der Waals surface area contributed by atoms with Gasteiger partial charge in [-0.25, -0.2) is 4.79 Å². The number of amides is 3. The first-order chi connectivity index (χ1) is 11.6. The zero-order valence-corrected chi connectivity index (χ0v) is 13.9. The summed E-state index contributed by atoms with van der Waals surface area (Å²) in [6.45, 7) is 4.55. The molecule has 0 spiro atoms. The van der Waals surface area contributed by atoms with Crippen molar-refractivity contribution in [3.8, 4) is 0 Å². The fraction of sp³-hybridized carbons (Fsp3) is 0.278. The second-order valence-electron chi connectivity index (χ2n) is 5.53. The first-order valence-corrected chi connectivity index (χ1v) is 7.85. The van der Waals surface area contributed by atoms with Crippen molar-refractivity contribution in [1.29, 1.82) is 0 Å². The lowest BCUT2D eigenvalue weighted by atomic mass is 10.1. The standard InChI is InChI=1S/C18H22N4O2/c1-13-4-3-5-16(12-13)17(23)20-10-11-21-18(24)22-14(2)15-6-8-19-9-7-15/h3-9,12,14H,10-11H2,1-2H3,(H,20,23)(H2,21,22,24). The van der Waals surface area contributed by atoms with E-state index in [1.165, 1.54) is 0 Å². The molecule has 3 amide bonds. The van der Waals surface area contributed by atoms with Gasteiger partial charge in [0, 0.05) is 31.0 Å². The third-order valence-electron chi connectivity index (χ3n) is 3.53. The average molecular weight is 326 g/mol. The Bertz CT molecular complexity index is 688. The molecule has 3 N–H and O–H groups in total. The van der Waals surface area contributed by atoms with Crippen LogP contribution in [0.25, 0.3) is 0 Å². The van der Waals surface area contributed by atoms with Crippen LogP contribution in [0.3, 0.4) is 0 Å². The Balaban J connectivity index is 1.68. The second-order valence-corrected chi connectivity index (χ2v) is 5.53. The van der Waals surface area contributed by atoms with Crippen LogP contribution in [0.1, 0.15) is 34.5 Å². The monoisotopic (exact) mass is 326 g/mol. The van der Waals surface area contributed by atoms with Crippen LogP contribution in [0, 0.1) is 6.92 Å². The lowest BCUT2D eigenvalue weighted by molar-refractivity contribution is 0.0953. The van der Waals surface area contributed by atoms with Gasteiger partial charge >= 0.3 is 6.03 Å². The summed E-state index contributed by atoms with van der Waals surface area (Å²) in [7, 11) is 0. The molecular formula is C18H22N4O2. The lowest BCUT2D eigenvalue weighted by Gasteiger charge is -2.15. The van der Waals surface area contributed by atoms with Gasteiger partial charge in [-0.2, -0.15) is 0 Å². The molecule has 126 valence electrons. The number of hydrogen-bond donors (Lipinski definition) is 3. The van der Waals surface area contributed by atoms with Crippen LogP contribution in [-0.2, 0) is 0 Å². The summed E-state index contributed by atoms with van der Waals surface area (Å²) >= 11 is 0. The third-order valence-corrected chi connectivity index (χ3v) is 3.53. The molecule has 1 aromatic carbocycles. The Hall–Kier alpha value is -2.89. The van der Waals surface area contributed by atoms with Gasteiger partial charge in [0.15, 0.2) is 0 Å². The van der Waals surface area contributed by atoms with Gasteiger partial charge in [-0.05, 0) is 43.7 Å². The molecule has 24 heavy (non-hydrogen) atoms. The number of aromatic nitrogens is 1. The Kier molecular flexibility index (Phi) is 6.31. The molecule has 1 aromatic heterocycles. The van der Waals surface area contributed by atoms with Crippen LogP contribution >= 0.6 is 0 Å². The minimum atomic E-state index is -0.274. The van der Waals surface area contributed by atoms with Gasteiger partial charge < -0.3 is 16.0 Å². The first kappa shape index (κ1) is 17.5. The molecule has 0 bridgehead atoms. The third kappa shape index (κ3) is 5.39. The van der Waals surface area contributed by atoms with Gasteiger partial charge in [0.2, 0.25) is 0 Å². The van der Waals surface area contributed by atoms with E-state index < -0.39 is 0 Å². The van der Waals surface area contributed by atoms with Gasteiger partial charge in [0.25, 0.3) is 5.91 Å². The van der Waals surface area contributed by atoms with Crippen LogP contribution in [0.5, 0.6) is 0 Å². The maximum Gasteiger partial charge on any atom is 0.315 e. The number of hydrogen-bond acceptors (Lipinski definition) is 3. The summed E-state index contributed by atoms with van der Waals surface area (Å²) < 4.78 is 0. The maximum absolute atomic E-state index is 12.0. The van der Waals surface area contributed by atoms with Gasteiger partial charge in [-0.1, -0.05) is 17.7 Å². The van der Waals surface area contributed by atoms with E-state index in [4.69, 9.17) is 0 Å². The Labute approximate surface area is 141 Å². The summed E-state index contributed by atoms with van der Waals surface area (Å²) in [5.74, 6) is -0.147. The molecule has 0 radical (unpaired) electrons. The van der Waals surface area contributed by atoms with E-state index in [0.717, 1.165) is 11.1 Å². The highest BCUT2D eigenvalue weighted by Crippen LogP contribution is 2.09. The van der Waals surface area contributed by atoms with Gasteiger partial charge in [0.1, 0.15) is 0 Å². The van der Waals surface area contributed by atoms with Crippen LogP contribution in [-0.4, -0.2) is 30.0 Å². The average Bonchev–Trinajstić information content (AvgIpc) is 2.59. The smallest absolute Gasteiger partial charge is 0.315 e. The molecule has 2 aromatic rings. The van der Waals surface area contributed by atoms with E-state index in [0.29, 0.717) is 18.7 Å². The van der Waals surface area contributed by atoms with Crippen molar-refractivity contribution in [3.05, 3.63) is 65.5 Å². The first-order valence-electron chi connectivity index (χ1n) is 7.85. The van der Waals surface area contributed by atoms with Crippen molar-refractivity contribution in [2.24, 2.45) is 0 Å². The van der Waals surface area contributed by atoms with E-state index in [2.05, 4.69) is 20.9 Å². The number of rotatable bonds is 6. The topological polar surface area (TPSA) is 83.1 Å². The maximum atomic E-state index is 12.0. The second kappa shape index (κ2) is 8.67. The molecule has 6 heteroatoms. The van der Waals surface area contributed by atoms with Crippen LogP contribution in [0.15, 0.2) is 48.8 Å². The van der Waals surface area contributed by atoms with E-state index in [-0.39, 0.29) is 18.0 Å². The van der Waals surface area contributed by atoms with Crippen LogP contribution in [0.2, 0.25) is 0 Å². The number of nitrogens with one attached hydrogen (secondary N) is 3. The normalized spacial score (nSPS) is 11.4. The fourth-order valence-electron chi connectivity index (χ4n) is 2.22. The highest BCUT2D eigenvalue weighted by atomic mass is 16.2. The van der Waals surface area contributed by atoms with Crippen LogP contribution < -0.4 is 16.0 Å². The van der Waals surface area contributed by atoms with E-state index in [1.54, 1.807) is 18.5 Å². The molecule has 1 unspecified atom stereocenters. The van der Waals surface area contributed by atoms with E-state index >= 15 is 0 Å². The molecule has 6 nitrogen and oxygen atoms in total. The van der Waals surface area contributed by atoms with Crippen molar-refractivity contribution in [3.63, 3.8) is 0 Å². The highest BCUT2D eigenvalue weighted by molar-refractivity contribution is 5.94. The van der Waals surface area contributed by atoms with Crippen molar-refractivity contribution < 1.29 is 9.59 Å². The van der Waals surface area contributed by atoms with Gasteiger partial charge in [-0.3, -0.25) is 9.78 Å². The molecule has 0 fully saturated rings. The number of urea groups is 1. The Morgan fingerprint density at radius 2 is 1.79 bits per heavy atom. The van der Waals surface area contributed by atoms with E-state index in [9.17, 15) is 9.59 Å². The van der Waals surface area contributed by atoms with Gasteiger partial charge in [0.05, 0.1) is 6.04 Å². The van der Waals surface area contributed by atoms with Crippen molar-refractivity contribution in [1.82, 2.24) is 20.9 Å². The summed E-state index contributed by atoms with van der Waals surface area (Å²) in [5.41, 5.74) is 2.63. The number of carbonyl (C=O) groups excluding carboxylic acids is 2. The molecule has 1 atom stereocenters. The van der Waals surface area contributed by atoms with E-state index in [1.807, 2.05) is 44.2 Å². The fourth-order valence-corrected chi connectivity index (χ4v) is 2.22. The number of benzene rings is 1. The predicted molar refractivity (Wildman–Crippen MR) is 92.7 cm³/mol. The molecular weight excluding hydrogens is 304 g/mol. The minimum Gasteiger partial charge on any atom is -0.350 e. The molecule has 0 saturated carbocycles. The minimum absolute atomic E-state index is 0.116. The summed E-state index contributed by atoms with van der Waals surface area (Å²) in [6.07, 6.45) is 3.37. The highest BCUT2D eigenvalue weighted by Gasteiger charge is 2.09. The number of aryl methyl sites for hydroxylation is 1. The molecule has 2 rings (SSSR count). The summed E-state index contributed by atoms with van der Waals surface area (Å²) in [5, 5.41) is 8.33. The zero-order chi connectivity index (χ0) is 17.4. The molecule has 0 aliphatic carbocycles. The summed E-state index contributed by atoms with van der Waals surface area (Å²) in [6, 6.07) is 10.7. The Morgan fingerprint density at radius 1 is 1.08 bits per heavy atom.